The van der Waals surface area contributed by atoms with Crippen LogP contribution >= 0.6 is 11.8 Å². The molecule has 1 aromatic carbocycles. The van der Waals surface area contributed by atoms with Crippen molar-refractivity contribution in [3.05, 3.63) is 53.2 Å². The van der Waals surface area contributed by atoms with Gasteiger partial charge in [-0.25, -0.2) is 4.98 Å². The highest BCUT2D eigenvalue weighted by atomic mass is 32.2. The first kappa shape index (κ1) is 17.0. The van der Waals surface area contributed by atoms with Gasteiger partial charge in [0.1, 0.15) is 5.03 Å². The van der Waals surface area contributed by atoms with Crippen LogP contribution in [0.2, 0.25) is 0 Å². The molecule has 0 spiro atoms. The highest BCUT2D eigenvalue weighted by Crippen LogP contribution is 2.19. The average molecular weight is 329 g/mol. The van der Waals surface area contributed by atoms with Crippen molar-refractivity contribution in [3.8, 4) is 0 Å². The summed E-state index contributed by atoms with van der Waals surface area (Å²) in [6.07, 6.45) is 3.49. The Hall–Kier alpha value is -2.34. The van der Waals surface area contributed by atoms with Crippen molar-refractivity contribution in [1.82, 2.24) is 10.3 Å². The van der Waals surface area contributed by atoms with Gasteiger partial charge in [0.15, 0.2) is 0 Å². The molecular formula is C17H19N3O2S. The fraction of sp³-hybridized carbons (Fsp3) is 0.235. The monoisotopic (exact) mass is 329 g/mol. The van der Waals surface area contributed by atoms with Crippen LogP contribution in [-0.4, -0.2) is 29.6 Å². The number of nitrogens with zero attached hydrogens (tertiary/aromatic N) is 1. The van der Waals surface area contributed by atoms with Crippen LogP contribution in [0.5, 0.6) is 0 Å². The number of carbonyl (C=O) groups is 2. The van der Waals surface area contributed by atoms with Crippen LogP contribution in [0.25, 0.3) is 0 Å². The lowest BCUT2D eigenvalue weighted by Crippen LogP contribution is -2.33. The Bertz CT molecular complexity index is 711. The van der Waals surface area contributed by atoms with Crippen LogP contribution < -0.4 is 10.6 Å². The SMILES string of the molecule is CSc1ncccc1C(=O)NCC(=O)Nc1c(C)cccc1C. The Morgan fingerprint density at radius 3 is 2.48 bits per heavy atom. The van der Waals surface area contributed by atoms with E-state index in [9.17, 15) is 9.59 Å². The van der Waals surface area contributed by atoms with Crippen molar-refractivity contribution < 1.29 is 9.59 Å². The smallest absolute Gasteiger partial charge is 0.254 e. The highest BCUT2D eigenvalue weighted by molar-refractivity contribution is 7.98. The van der Waals surface area contributed by atoms with Gasteiger partial charge in [0, 0.05) is 11.9 Å². The van der Waals surface area contributed by atoms with Crippen molar-refractivity contribution in [2.75, 3.05) is 18.1 Å². The van der Waals surface area contributed by atoms with Gasteiger partial charge < -0.3 is 10.6 Å². The molecule has 0 aliphatic carbocycles. The summed E-state index contributed by atoms with van der Waals surface area (Å²) in [4.78, 5) is 28.4. The number of amides is 2. The largest absolute Gasteiger partial charge is 0.343 e. The summed E-state index contributed by atoms with van der Waals surface area (Å²) >= 11 is 1.39. The van der Waals surface area contributed by atoms with E-state index in [1.807, 2.05) is 38.3 Å². The Kier molecular flexibility index (Phi) is 5.76. The van der Waals surface area contributed by atoms with Crippen LogP contribution in [-0.2, 0) is 4.79 Å². The number of aromatic nitrogens is 1. The van der Waals surface area contributed by atoms with Crippen LogP contribution in [0.4, 0.5) is 5.69 Å². The number of benzene rings is 1. The van der Waals surface area contributed by atoms with Crippen molar-refractivity contribution in [2.24, 2.45) is 0 Å². The van der Waals surface area contributed by atoms with Crippen molar-refractivity contribution in [2.45, 2.75) is 18.9 Å². The number of pyridine rings is 1. The number of hydrogen-bond acceptors (Lipinski definition) is 4. The van der Waals surface area contributed by atoms with Crippen molar-refractivity contribution >= 4 is 29.3 Å². The van der Waals surface area contributed by atoms with E-state index in [1.54, 1.807) is 18.3 Å². The van der Waals surface area contributed by atoms with Gasteiger partial charge >= 0.3 is 0 Å². The number of hydrogen-bond donors (Lipinski definition) is 2. The summed E-state index contributed by atoms with van der Waals surface area (Å²) in [6.45, 7) is 3.78. The second-order valence-electron chi connectivity index (χ2n) is 5.06. The van der Waals surface area contributed by atoms with Gasteiger partial charge in [0.25, 0.3) is 5.91 Å². The predicted molar refractivity (Wildman–Crippen MR) is 92.9 cm³/mol. The zero-order valence-electron chi connectivity index (χ0n) is 13.3. The Morgan fingerprint density at radius 1 is 1.13 bits per heavy atom. The molecule has 5 nitrogen and oxygen atoms in total. The molecule has 2 rings (SSSR count). The van der Waals surface area contributed by atoms with E-state index < -0.39 is 0 Å². The maximum atomic E-state index is 12.2. The number of para-hydroxylation sites is 1. The summed E-state index contributed by atoms with van der Waals surface area (Å²) < 4.78 is 0. The van der Waals surface area contributed by atoms with Gasteiger partial charge in [0.2, 0.25) is 5.91 Å². The molecule has 0 atom stereocenters. The minimum Gasteiger partial charge on any atom is -0.343 e. The van der Waals surface area contributed by atoms with Gasteiger partial charge in [-0.3, -0.25) is 9.59 Å². The molecule has 0 fully saturated rings. The third-order valence-electron chi connectivity index (χ3n) is 3.36. The minimum absolute atomic E-state index is 0.0880. The third-order valence-corrected chi connectivity index (χ3v) is 4.08. The van der Waals surface area contributed by atoms with E-state index in [4.69, 9.17) is 0 Å². The molecule has 1 aromatic heterocycles. The lowest BCUT2D eigenvalue weighted by molar-refractivity contribution is -0.115. The normalized spacial score (nSPS) is 10.2. The summed E-state index contributed by atoms with van der Waals surface area (Å²) in [5, 5.41) is 6.11. The zero-order valence-corrected chi connectivity index (χ0v) is 14.2. The highest BCUT2D eigenvalue weighted by Gasteiger charge is 2.13. The second kappa shape index (κ2) is 7.78. The lowest BCUT2D eigenvalue weighted by Gasteiger charge is -2.12. The molecule has 2 amide bonds. The molecule has 23 heavy (non-hydrogen) atoms. The molecule has 0 unspecified atom stereocenters. The second-order valence-corrected chi connectivity index (χ2v) is 5.85. The van der Waals surface area contributed by atoms with E-state index in [-0.39, 0.29) is 18.4 Å². The van der Waals surface area contributed by atoms with Crippen LogP contribution in [0, 0.1) is 13.8 Å². The number of thioether (sulfide) groups is 1. The molecule has 0 saturated carbocycles. The standard InChI is InChI=1S/C17H19N3O2S/c1-11-6-4-7-12(2)15(11)20-14(21)10-19-16(22)13-8-5-9-18-17(13)23-3/h4-9H,10H2,1-3H3,(H,19,22)(H,20,21). The molecule has 2 aromatic rings. The number of rotatable bonds is 5. The molecule has 0 bridgehead atoms. The zero-order chi connectivity index (χ0) is 16.8. The summed E-state index contributed by atoms with van der Waals surface area (Å²) in [5.41, 5.74) is 3.24. The summed E-state index contributed by atoms with van der Waals surface area (Å²) in [5.74, 6) is -0.565. The van der Waals surface area contributed by atoms with Crippen LogP contribution in [0.15, 0.2) is 41.6 Å². The predicted octanol–water partition coefficient (Wildman–Crippen LogP) is 2.79. The topological polar surface area (TPSA) is 71.1 Å². The molecule has 0 radical (unpaired) electrons. The maximum Gasteiger partial charge on any atom is 0.254 e. The van der Waals surface area contributed by atoms with E-state index >= 15 is 0 Å². The van der Waals surface area contributed by atoms with Crippen molar-refractivity contribution in [1.29, 1.82) is 0 Å². The Labute approximate surface area is 139 Å². The summed E-state index contributed by atoms with van der Waals surface area (Å²) in [6, 6.07) is 9.20. The first-order chi connectivity index (χ1) is 11.0. The van der Waals surface area contributed by atoms with E-state index in [0.717, 1.165) is 16.8 Å². The molecule has 0 aliphatic rings. The number of anilines is 1. The van der Waals surface area contributed by atoms with Crippen LogP contribution in [0.3, 0.4) is 0 Å². The number of aryl methyl sites for hydroxylation is 2. The van der Waals surface area contributed by atoms with Crippen LogP contribution in [0.1, 0.15) is 21.5 Å². The fourth-order valence-corrected chi connectivity index (χ4v) is 2.72. The van der Waals surface area contributed by atoms with Gasteiger partial charge in [-0.05, 0) is 43.4 Å². The first-order valence-corrected chi connectivity index (χ1v) is 8.38. The van der Waals surface area contributed by atoms with E-state index in [1.165, 1.54) is 11.8 Å². The molecule has 0 aliphatic heterocycles. The molecule has 1 heterocycles. The quantitative estimate of drug-likeness (QED) is 0.828. The van der Waals surface area contributed by atoms with E-state index in [2.05, 4.69) is 15.6 Å². The van der Waals surface area contributed by atoms with Gasteiger partial charge in [-0.2, -0.15) is 0 Å². The molecule has 2 N–H and O–H groups in total. The number of carbonyl (C=O) groups excluding carboxylic acids is 2. The Balaban J connectivity index is 1.98. The lowest BCUT2D eigenvalue weighted by atomic mass is 10.1. The molecular weight excluding hydrogens is 310 g/mol. The number of nitrogens with one attached hydrogen (secondary N) is 2. The average Bonchev–Trinajstić information content (AvgIpc) is 2.56. The van der Waals surface area contributed by atoms with Gasteiger partial charge in [-0.1, -0.05) is 18.2 Å². The minimum atomic E-state index is -0.306. The molecule has 0 saturated heterocycles. The fourth-order valence-electron chi connectivity index (χ4n) is 2.18. The van der Waals surface area contributed by atoms with Gasteiger partial charge in [-0.15, -0.1) is 11.8 Å². The first-order valence-electron chi connectivity index (χ1n) is 7.16. The van der Waals surface area contributed by atoms with Gasteiger partial charge in [0.05, 0.1) is 12.1 Å². The Morgan fingerprint density at radius 2 is 1.83 bits per heavy atom. The summed E-state index contributed by atoms with van der Waals surface area (Å²) in [7, 11) is 0. The molecule has 6 heteroatoms. The van der Waals surface area contributed by atoms with Crippen molar-refractivity contribution in [3.63, 3.8) is 0 Å². The maximum absolute atomic E-state index is 12.2. The van der Waals surface area contributed by atoms with E-state index in [0.29, 0.717) is 10.6 Å². The molecule has 120 valence electrons. The third kappa shape index (κ3) is 4.32.